The Labute approximate surface area is 191 Å². The monoisotopic (exact) mass is 452 g/mol. The highest BCUT2D eigenvalue weighted by Gasteiger charge is 2.16. The second kappa shape index (κ2) is 8.08. The molecule has 0 bridgehead atoms. The van der Waals surface area contributed by atoms with Gasteiger partial charge in [0.15, 0.2) is 0 Å². The number of benzene rings is 4. The lowest BCUT2D eigenvalue weighted by Gasteiger charge is -2.09. The molecule has 1 N–H and O–H groups in total. The molecule has 162 valence electrons. The summed E-state index contributed by atoms with van der Waals surface area (Å²) in [5.74, 6) is 0.851. The Hall–Kier alpha value is -4.15. The van der Waals surface area contributed by atoms with E-state index < -0.39 is 10.0 Å². The topological polar surface area (TPSA) is 87.8 Å². The van der Waals surface area contributed by atoms with Gasteiger partial charge < -0.3 is 4.57 Å². The minimum atomic E-state index is -3.74. The van der Waals surface area contributed by atoms with Gasteiger partial charge in [-0.25, -0.2) is 13.4 Å². The van der Waals surface area contributed by atoms with Crippen molar-refractivity contribution >= 4 is 37.5 Å². The Kier molecular flexibility index (Phi) is 5.08. The molecule has 1 heterocycles. The fraction of sp³-hybridized carbons (Fsp3) is 0.0769. The predicted molar refractivity (Wildman–Crippen MR) is 129 cm³/mol. The van der Waals surface area contributed by atoms with E-state index in [2.05, 4.69) is 10.8 Å². The molecule has 1 aromatic heterocycles. The van der Waals surface area contributed by atoms with Crippen molar-refractivity contribution in [2.75, 3.05) is 4.72 Å². The molecule has 0 aliphatic carbocycles. The molecule has 0 atom stereocenters. The lowest BCUT2D eigenvalue weighted by molar-refractivity contribution is 0.601. The molecule has 7 heteroatoms. The minimum Gasteiger partial charge on any atom is -0.331 e. The van der Waals surface area contributed by atoms with E-state index in [1.54, 1.807) is 42.5 Å². The standard InChI is InChI=1S/C26H20N4O2S/c1-30-25-13-11-22(16-24(25)28-26(30)14-18-6-8-19(17-27)9-7-18)29-33(31,32)23-12-10-20-4-2-3-5-21(20)15-23/h2-13,15-16,29H,14H2,1H3. The summed E-state index contributed by atoms with van der Waals surface area (Å²) in [4.78, 5) is 4.93. The lowest BCUT2D eigenvalue weighted by atomic mass is 10.1. The van der Waals surface area contributed by atoms with Gasteiger partial charge in [0.25, 0.3) is 10.0 Å². The van der Waals surface area contributed by atoms with Crippen LogP contribution in [-0.2, 0) is 23.5 Å². The van der Waals surface area contributed by atoms with Gasteiger partial charge in [0.2, 0.25) is 0 Å². The number of aromatic nitrogens is 2. The van der Waals surface area contributed by atoms with Crippen LogP contribution in [0.5, 0.6) is 0 Å². The molecule has 0 saturated heterocycles. The Bertz CT molecular complexity index is 1650. The Morgan fingerprint density at radius 1 is 0.939 bits per heavy atom. The Morgan fingerprint density at radius 3 is 2.45 bits per heavy atom. The fourth-order valence-electron chi connectivity index (χ4n) is 3.90. The van der Waals surface area contributed by atoms with Gasteiger partial charge >= 0.3 is 0 Å². The summed E-state index contributed by atoms with van der Waals surface area (Å²) >= 11 is 0. The van der Waals surface area contributed by atoms with Crippen LogP contribution in [0.1, 0.15) is 17.0 Å². The molecule has 0 aliphatic rings. The van der Waals surface area contributed by atoms with Crippen LogP contribution in [0, 0.1) is 11.3 Å². The average Bonchev–Trinajstić information content (AvgIpc) is 3.13. The number of hydrogen-bond donors (Lipinski definition) is 1. The summed E-state index contributed by atoms with van der Waals surface area (Å²) in [6.07, 6.45) is 0.606. The second-order valence-electron chi connectivity index (χ2n) is 7.89. The SMILES string of the molecule is Cn1c(Cc2ccc(C#N)cc2)nc2cc(NS(=O)(=O)c3ccc4ccccc4c3)ccc21. The average molecular weight is 453 g/mol. The third-order valence-electron chi connectivity index (χ3n) is 5.70. The predicted octanol–water partition coefficient (Wildman–Crippen LogP) is 4.99. The normalized spacial score (nSPS) is 11.5. The maximum Gasteiger partial charge on any atom is 0.261 e. The first-order valence-corrected chi connectivity index (χ1v) is 11.9. The number of sulfonamides is 1. The van der Waals surface area contributed by atoms with Crippen LogP contribution in [0.3, 0.4) is 0 Å². The van der Waals surface area contributed by atoms with Crippen LogP contribution in [0.15, 0.2) is 89.8 Å². The van der Waals surface area contributed by atoms with Crippen LogP contribution in [0.4, 0.5) is 5.69 Å². The van der Waals surface area contributed by atoms with Gasteiger partial charge in [-0.2, -0.15) is 5.26 Å². The molecular formula is C26H20N4O2S. The zero-order valence-electron chi connectivity index (χ0n) is 17.9. The Balaban J connectivity index is 1.43. The number of nitrogens with zero attached hydrogens (tertiary/aromatic N) is 3. The highest BCUT2D eigenvalue weighted by atomic mass is 32.2. The third-order valence-corrected chi connectivity index (χ3v) is 7.08. The number of hydrogen-bond acceptors (Lipinski definition) is 4. The molecule has 33 heavy (non-hydrogen) atoms. The largest absolute Gasteiger partial charge is 0.331 e. The quantitative estimate of drug-likeness (QED) is 0.407. The van der Waals surface area contributed by atoms with Crippen LogP contribution < -0.4 is 4.72 Å². The molecule has 4 aromatic carbocycles. The summed E-state index contributed by atoms with van der Waals surface area (Å²) in [5, 5.41) is 10.8. The van der Waals surface area contributed by atoms with E-state index in [1.165, 1.54) is 0 Å². The summed E-state index contributed by atoms with van der Waals surface area (Å²) in [6.45, 7) is 0. The third kappa shape index (κ3) is 4.04. The highest BCUT2D eigenvalue weighted by molar-refractivity contribution is 7.92. The number of imidazole rings is 1. The fourth-order valence-corrected chi connectivity index (χ4v) is 4.98. The molecule has 6 nitrogen and oxygen atoms in total. The molecule has 5 aromatic rings. The molecule has 5 rings (SSSR count). The van der Waals surface area contributed by atoms with E-state index in [0.717, 1.165) is 27.7 Å². The van der Waals surface area contributed by atoms with E-state index in [1.807, 2.05) is 54.1 Å². The lowest BCUT2D eigenvalue weighted by Crippen LogP contribution is -2.12. The molecule has 0 amide bonds. The van der Waals surface area contributed by atoms with Crippen molar-refractivity contribution in [2.45, 2.75) is 11.3 Å². The maximum atomic E-state index is 13.0. The number of rotatable bonds is 5. The number of anilines is 1. The van der Waals surface area contributed by atoms with Crippen molar-refractivity contribution < 1.29 is 8.42 Å². The van der Waals surface area contributed by atoms with Crippen molar-refractivity contribution in [2.24, 2.45) is 7.05 Å². The number of fused-ring (bicyclic) bond motifs is 2. The zero-order chi connectivity index (χ0) is 23.0. The van der Waals surface area contributed by atoms with E-state index in [-0.39, 0.29) is 4.90 Å². The summed E-state index contributed by atoms with van der Waals surface area (Å²) < 4.78 is 30.6. The second-order valence-corrected chi connectivity index (χ2v) is 9.57. The summed E-state index contributed by atoms with van der Waals surface area (Å²) in [7, 11) is -1.81. The van der Waals surface area contributed by atoms with Gasteiger partial charge in [0.05, 0.1) is 33.2 Å². The molecule has 0 unspecified atom stereocenters. The Morgan fingerprint density at radius 2 is 1.70 bits per heavy atom. The smallest absolute Gasteiger partial charge is 0.261 e. The van der Waals surface area contributed by atoms with Gasteiger partial charge in [0.1, 0.15) is 5.82 Å². The van der Waals surface area contributed by atoms with E-state index in [9.17, 15) is 8.42 Å². The van der Waals surface area contributed by atoms with E-state index in [4.69, 9.17) is 10.2 Å². The first-order chi connectivity index (χ1) is 15.9. The van der Waals surface area contributed by atoms with Crippen molar-refractivity contribution in [3.8, 4) is 6.07 Å². The number of nitrogens with one attached hydrogen (secondary N) is 1. The van der Waals surface area contributed by atoms with Crippen LogP contribution in [0.2, 0.25) is 0 Å². The molecule has 0 fully saturated rings. The molecule has 0 saturated carbocycles. The number of nitriles is 1. The van der Waals surface area contributed by atoms with Crippen LogP contribution in [0.25, 0.3) is 21.8 Å². The van der Waals surface area contributed by atoms with Crippen molar-refractivity contribution in [3.05, 3.63) is 102 Å². The van der Waals surface area contributed by atoms with Crippen molar-refractivity contribution in [3.63, 3.8) is 0 Å². The van der Waals surface area contributed by atoms with Gasteiger partial charge in [-0.05, 0) is 58.8 Å². The van der Waals surface area contributed by atoms with Gasteiger partial charge in [-0.3, -0.25) is 4.72 Å². The summed E-state index contributed by atoms with van der Waals surface area (Å²) in [6, 6.07) is 27.6. The first kappa shape index (κ1) is 20.7. The van der Waals surface area contributed by atoms with Crippen molar-refractivity contribution in [1.29, 1.82) is 5.26 Å². The minimum absolute atomic E-state index is 0.212. The summed E-state index contributed by atoms with van der Waals surface area (Å²) in [5.41, 5.74) is 3.74. The van der Waals surface area contributed by atoms with Crippen LogP contribution in [-0.4, -0.2) is 18.0 Å². The maximum absolute atomic E-state index is 13.0. The van der Waals surface area contributed by atoms with E-state index >= 15 is 0 Å². The number of aryl methyl sites for hydroxylation is 1. The molecular weight excluding hydrogens is 432 g/mol. The van der Waals surface area contributed by atoms with Gasteiger partial charge in [-0.15, -0.1) is 0 Å². The van der Waals surface area contributed by atoms with Gasteiger partial charge in [-0.1, -0.05) is 42.5 Å². The van der Waals surface area contributed by atoms with E-state index in [0.29, 0.717) is 23.2 Å². The molecule has 0 aliphatic heterocycles. The first-order valence-electron chi connectivity index (χ1n) is 10.4. The van der Waals surface area contributed by atoms with Crippen molar-refractivity contribution in [1.82, 2.24) is 9.55 Å². The van der Waals surface area contributed by atoms with Gasteiger partial charge in [0, 0.05) is 13.5 Å². The highest BCUT2D eigenvalue weighted by Crippen LogP contribution is 2.25. The van der Waals surface area contributed by atoms with Crippen LogP contribution >= 0.6 is 0 Å². The molecule has 0 radical (unpaired) electrons. The zero-order valence-corrected chi connectivity index (χ0v) is 18.7. The molecule has 0 spiro atoms.